The number of hydrogen-bond acceptors (Lipinski definition) is 5. The first-order chi connectivity index (χ1) is 9.97. The van der Waals surface area contributed by atoms with E-state index in [0.29, 0.717) is 17.4 Å². The third-order valence-electron chi connectivity index (χ3n) is 2.84. The fourth-order valence-electron chi connectivity index (χ4n) is 1.78. The second kappa shape index (κ2) is 6.78. The largest absolute Gasteiger partial charge is 0.305 e. The van der Waals surface area contributed by atoms with E-state index in [9.17, 15) is 8.42 Å². The molecule has 1 aromatic carbocycles. The van der Waals surface area contributed by atoms with Gasteiger partial charge in [0.1, 0.15) is 5.82 Å². The van der Waals surface area contributed by atoms with Crippen molar-refractivity contribution in [3.05, 3.63) is 35.1 Å². The molecule has 21 heavy (non-hydrogen) atoms. The van der Waals surface area contributed by atoms with Crippen LogP contribution in [0.2, 0.25) is 5.02 Å². The van der Waals surface area contributed by atoms with E-state index in [1.807, 2.05) is 17.7 Å². The molecule has 0 aliphatic heterocycles. The maximum Gasteiger partial charge on any atom is 0.240 e. The van der Waals surface area contributed by atoms with Crippen LogP contribution in [0.15, 0.2) is 34.3 Å². The Morgan fingerprint density at radius 2 is 1.95 bits per heavy atom. The van der Waals surface area contributed by atoms with Gasteiger partial charge in [0.05, 0.1) is 11.4 Å². The predicted molar refractivity (Wildman–Crippen MR) is 83.0 cm³/mol. The van der Waals surface area contributed by atoms with Crippen LogP contribution < -0.4 is 4.72 Å². The van der Waals surface area contributed by atoms with Crippen LogP contribution in [0.1, 0.15) is 12.7 Å². The highest BCUT2D eigenvalue weighted by molar-refractivity contribution is 7.98. The fourth-order valence-corrected chi connectivity index (χ4v) is 3.46. The molecule has 9 heteroatoms. The molecular formula is C12H15ClN4O2S2. The molecule has 1 aromatic heterocycles. The first kappa shape index (κ1) is 16.3. The summed E-state index contributed by atoms with van der Waals surface area (Å²) in [5, 5.41) is 9.28. The summed E-state index contributed by atoms with van der Waals surface area (Å²) < 4.78 is 28.7. The average Bonchev–Trinajstić information content (AvgIpc) is 2.87. The second-order valence-corrected chi connectivity index (χ2v) is 7.10. The van der Waals surface area contributed by atoms with Crippen LogP contribution in [0.4, 0.5) is 0 Å². The van der Waals surface area contributed by atoms with Crippen LogP contribution in [-0.2, 0) is 23.1 Å². The Bertz CT molecular complexity index is 713. The quantitative estimate of drug-likeness (QED) is 0.811. The lowest BCUT2D eigenvalue weighted by atomic mass is 10.4. The summed E-state index contributed by atoms with van der Waals surface area (Å²) in [4.78, 5) is 0.166. The van der Waals surface area contributed by atoms with Gasteiger partial charge in [0, 0.05) is 11.6 Å². The Hall–Kier alpha value is -1.09. The van der Waals surface area contributed by atoms with Crippen molar-refractivity contribution in [2.45, 2.75) is 30.1 Å². The first-order valence-electron chi connectivity index (χ1n) is 6.19. The molecule has 0 fully saturated rings. The molecule has 0 amide bonds. The highest BCUT2D eigenvalue weighted by atomic mass is 35.5. The Labute approximate surface area is 133 Å². The van der Waals surface area contributed by atoms with Crippen LogP contribution in [0.25, 0.3) is 0 Å². The number of halogens is 1. The summed E-state index contributed by atoms with van der Waals surface area (Å²) >= 11 is 7.22. The van der Waals surface area contributed by atoms with E-state index >= 15 is 0 Å². The van der Waals surface area contributed by atoms with E-state index in [1.165, 1.54) is 36.0 Å². The van der Waals surface area contributed by atoms with Crippen molar-refractivity contribution in [2.24, 2.45) is 0 Å². The molecular weight excluding hydrogens is 332 g/mol. The molecule has 2 rings (SSSR count). The molecule has 2 aromatic rings. The summed E-state index contributed by atoms with van der Waals surface area (Å²) in [5.74, 6) is 0.583. The third-order valence-corrected chi connectivity index (χ3v) is 5.17. The van der Waals surface area contributed by atoms with Gasteiger partial charge in [-0.05, 0) is 37.4 Å². The zero-order chi connectivity index (χ0) is 15.5. The average molecular weight is 347 g/mol. The Kier molecular flexibility index (Phi) is 5.26. The van der Waals surface area contributed by atoms with Crippen LogP contribution >= 0.6 is 23.4 Å². The van der Waals surface area contributed by atoms with Crippen molar-refractivity contribution in [3.63, 3.8) is 0 Å². The van der Waals surface area contributed by atoms with E-state index in [-0.39, 0.29) is 11.4 Å². The number of nitrogens with one attached hydrogen (secondary N) is 1. The highest BCUT2D eigenvalue weighted by Crippen LogP contribution is 2.16. The zero-order valence-corrected chi connectivity index (χ0v) is 14.0. The van der Waals surface area contributed by atoms with Crippen molar-refractivity contribution in [3.8, 4) is 0 Å². The molecule has 1 N–H and O–H groups in total. The smallest absolute Gasteiger partial charge is 0.240 e. The van der Waals surface area contributed by atoms with Crippen molar-refractivity contribution >= 4 is 33.4 Å². The molecule has 0 unspecified atom stereocenters. The molecule has 114 valence electrons. The molecule has 0 saturated carbocycles. The van der Waals surface area contributed by atoms with Gasteiger partial charge in [-0.3, -0.25) is 0 Å². The fraction of sp³-hybridized carbons (Fsp3) is 0.333. The predicted octanol–water partition coefficient (Wildman–Crippen LogP) is 2.15. The van der Waals surface area contributed by atoms with Crippen LogP contribution in [0.5, 0.6) is 0 Å². The van der Waals surface area contributed by atoms with Gasteiger partial charge in [-0.2, -0.15) is 0 Å². The zero-order valence-electron chi connectivity index (χ0n) is 11.6. The molecule has 0 bridgehead atoms. The normalized spacial score (nSPS) is 11.8. The Balaban J connectivity index is 2.15. The summed E-state index contributed by atoms with van der Waals surface area (Å²) in [6.07, 6.45) is 1.90. The molecule has 1 heterocycles. The number of sulfonamides is 1. The van der Waals surface area contributed by atoms with E-state index < -0.39 is 10.0 Å². The molecule has 0 radical (unpaired) electrons. The van der Waals surface area contributed by atoms with Crippen molar-refractivity contribution < 1.29 is 8.42 Å². The van der Waals surface area contributed by atoms with E-state index in [2.05, 4.69) is 14.9 Å². The topological polar surface area (TPSA) is 76.9 Å². The van der Waals surface area contributed by atoms with E-state index in [4.69, 9.17) is 11.6 Å². The van der Waals surface area contributed by atoms with Crippen LogP contribution in [0.3, 0.4) is 0 Å². The van der Waals surface area contributed by atoms with Gasteiger partial charge in [-0.15, -0.1) is 10.2 Å². The standard InChI is InChI=1S/C12H15ClN4O2S2/c1-3-17-11(15-16-12(17)20-2)8-14-21(18,19)10-6-4-9(13)5-7-10/h4-7,14H,3,8H2,1-2H3. The lowest BCUT2D eigenvalue weighted by molar-refractivity contribution is 0.572. The number of aromatic nitrogens is 3. The minimum Gasteiger partial charge on any atom is -0.305 e. The third kappa shape index (κ3) is 3.76. The number of rotatable bonds is 6. The SMILES string of the molecule is CCn1c(CNS(=O)(=O)c2ccc(Cl)cc2)nnc1SC. The molecule has 6 nitrogen and oxygen atoms in total. The molecule has 0 spiro atoms. The van der Waals surface area contributed by atoms with Gasteiger partial charge in [0.25, 0.3) is 0 Å². The van der Waals surface area contributed by atoms with Crippen LogP contribution in [0, 0.1) is 0 Å². The van der Waals surface area contributed by atoms with Gasteiger partial charge in [-0.25, -0.2) is 13.1 Å². The molecule has 0 aliphatic carbocycles. The maximum absolute atomic E-state index is 12.2. The summed E-state index contributed by atoms with van der Waals surface area (Å²) in [6.45, 7) is 2.73. The molecule has 0 saturated heterocycles. The Morgan fingerprint density at radius 3 is 2.52 bits per heavy atom. The molecule has 0 aliphatic rings. The number of benzene rings is 1. The van der Waals surface area contributed by atoms with E-state index in [1.54, 1.807) is 0 Å². The summed E-state index contributed by atoms with van der Waals surface area (Å²) in [6, 6.07) is 6.00. The van der Waals surface area contributed by atoms with Gasteiger partial charge in [-0.1, -0.05) is 23.4 Å². The van der Waals surface area contributed by atoms with Gasteiger partial charge in [0.2, 0.25) is 10.0 Å². The first-order valence-corrected chi connectivity index (χ1v) is 9.28. The maximum atomic E-state index is 12.2. The number of nitrogens with zero attached hydrogens (tertiary/aromatic N) is 3. The van der Waals surface area contributed by atoms with E-state index in [0.717, 1.165) is 5.16 Å². The van der Waals surface area contributed by atoms with Crippen molar-refractivity contribution in [2.75, 3.05) is 6.26 Å². The Morgan fingerprint density at radius 1 is 1.29 bits per heavy atom. The lowest BCUT2D eigenvalue weighted by Gasteiger charge is -2.08. The summed E-state index contributed by atoms with van der Waals surface area (Å²) in [7, 11) is -3.59. The monoisotopic (exact) mass is 346 g/mol. The second-order valence-electron chi connectivity index (χ2n) is 4.13. The number of thioether (sulfide) groups is 1. The van der Waals surface area contributed by atoms with Crippen LogP contribution in [-0.4, -0.2) is 29.4 Å². The van der Waals surface area contributed by atoms with Gasteiger partial charge in [0.15, 0.2) is 5.16 Å². The summed E-state index contributed by atoms with van der Waals surface area (Å²) in [5.41, 5.74) is 0. The minimum atomic E-state index is -3.59. The lowest BCUT2D eigenvalue weighted by Crippen LogP contribution is -2.25. The minimum absolute atomic E-state index is 0.0896. The van der Waals surface area contributed by atoms with Gasteiger partial charge >= 0.3 is 0 Å². The van der Waals surface area contributed by atoms with Crippen molar-refractivity contribution in [1.29, 1.82) is 0 Å². The van der Waals surface area contributed by atoms with Gasteiger partial charge < -0.3 is 4.57 Å². The molecule has 0 atom stereocenters. The highest BCUT2D eigenvalue weighted by Gasteiger charge is 2.16. The number of hydrogen-bond donors (Lipinski definition) is 1. The van der Waals surface area contributed by atoms with Crippen molar-refractivity contribution in [1.82, 2.24) is 19.5 Å².